The molecule has 2 aromatic heterocycles. The van der Waals surface area contributed by atoms with E-state index in [0.29, 0.717) is 31.5 Å². The third kappa shape index (κ3) is 4.61. The summed E-state index contributed by atoms with van der Waals surface area (Å²) >= 11 is 0. The quantitative estimate of drug-likeness (QED) is 0.570. The Morgan fingerprint density at radius 3 is 2.91 bits per heavy atom. The molecule has 2 unspecified atom stereocenters. The Labute approximate surface area is 135 Å². The van der Waals surface area contributed by atoms with E-state index in [1.54, 1.807) is 24.7 Å². The van der Waals surface area contributed by atoms with E-state index in [1.165, 1.54) is 0 Å². The zero-order valence-electron chi connectivity index (χ0n) is 12.9. The number of rotatable bonds is 7. The van der Waals surface area contributed by atoms with Crippen LogP contribution in [-0.4, -0.2) is 40.7 Å². The number of ether oxygens (including phenoxy) is 1. The van der Waals surface area contributed by atoms with Crippen molar-refractivity contribution in [3.63, 3.8) is 0 Å². The van der Waals surface area contributed by atoms with Crippen LogP contribution in [0.1, 0.15) is 18.4 Å². The average molecular weight is 315 g/mol. The number of hydrogen-bond donors (Lipinski definition) is 2. The second-order valence-electron chi connectivity index (χ2n) is 5.59. The lowest BCUT2D eigenvalue weighted by Crippen LogP contribution is -3.08. The third-order valence-corrected chi connectivity index (χ3v) is 3.80. The Bertz CT molecular complexity index is 610. The van der Waals surface area contributed by atoms with Gasteiger partial charge in [0.1, 0.15) is 12.6 Å². The summed E-state index contributed by atoms with van der Waals surface area (Å²) in [6.07, 6.45) is 7.61. The molecule has 7 nitrogen and oxygen atoms in total. The summed E-state index contributed by atoms with van der Waals surface area (Å²) in [5.74, 6) is 1.28. The minimum absolute atomic E-state index is 0.0460. The van der Waals surface area contributed by atoms with Crippen molar-refractivity contribution in [3.8, 4) is 5.88 Å². The number of hydrogen-bond acceptors (Lipinski definition) is 6. The normalized spacial score (nSPS) is 17.9. The number of quaternary nitrogens is 1. The zero-order chi connectivity index (χ0) is 15.9. The highest BCUT2D eigenvalue weighted by atomic mass is 16.5. The minimum atomic E-state index is -0.0460. The fourth-order valence-corrected chi connectivity index (χ4v) is 2.63. The van der Waals surface area contributed by atoms with Crippen molar-refractivity contribution in [2.45, 2.75) is 25.4 Å². The van der Waals surface area contributed by atoms with E-state index in [4.69, 9.17) is 4.74 Å². The first kappa shape index (κ1) is 15.6. The van der Waals surface area contributed by atoms with Crippen LogP contribution in [0.5, 0.6) is 5.88 Å². The van der Waals surface area contributed by atoms with Crippen LogP contribution in [0.2, 0.25) is 0 Å². The second-order valence-corrected chi connectivity index (χ2v) is 5.59. The molecule has 1 aliphatic heterocycles. The van der Waals surface area contributed by atoms with Gasteiger partial charge in [-0.1, -0.05) is 6.07 Å². The van der Waals surface area contributed by atoms with Gasteiger partial charge < -0.3 is 20.3 Å². The van der Waals surface area contributed by atoms with E-state index < -0.39 is 0 Å². The molecule has 7 heteroatoms. The number of fused-ring (bicyclic) bond motifs is 1. The average Bonchev–Trinajstić information content (AvgIpc) is 2.59. The van der Waals surface area contributed by atoms with Gasteiger partial charge in [-0.05, 0) is 25.0 Å². The van der Waals surface area contributed by atoms with Crippen molar-refractivity contribution in [1.29, 1.82) is 0 Å². The van der Waals surface area contributed by atoms with Crippen molar-refractivity contribution >= 4 is 5.95 Å². The molecule has 23 heavy (non-hydrogen) atoms. The van der Waals surface area contributed by atoms with Crippen LogP contribution in [0.15, 0.2) is 36.8 Å². The highest BCUT2D eigenvalue weighted by Gasteiger charge is 2.22. The van der Waals surface area contributed by atoms with Gasteiger partial charge in [0.25, 0.3) is 0 Å². The van der Waals surface area contributed by atoms with Crippen molar-refractivity contribution in [3.05, 3.63) is 47.6 Å². The smallest absolute Gasteiger partial charge is 0.222 e. The van der Waals surface area contributed by atoms with Crippen LogP contribution in [0, 0.1) is 5.21 Å². The Kier molecular flexibility index (Phi) is 5.33. The SMILES string of the molecule is [O-][NH+](CCCNc1ncccn1)CC1CCc2cccnc2O1. The molecule has 2 atom stereocenters. The predicted octanol–water partition coefficient (Wildman–Crippen LogP) is 0.450. The van der Waals surface area contributed by atoms with Crippen molar-refractivity contribution < 1.29 is 9.80 Å². The largest absolute Gasteiger partial charge is 0.634 e. The molecule has 0 amide bonds. The van der Waals surface area contributed by atoms with Crippen molar-refractivity contribution in [2.75, 3.05) is 25.0 Å². The lowest BCUT2D eigenvalue weighted by molar-refractivity contribution is -0.851. The van der Waals surface area contributed by atoms with E-state index in [0.717, 1.165) is 24.8 Å². The summed E-state index contributed by atoms with van der Waals surface area (Å²) in [6.45, 7) is 1.68. The van der Waals surface area contributed by atoms with Gasteiger partial charge in [0, 0.05) is 37.1 Å². The van der Waals surface area contributed by atoms with Crippen LogP contribution in [0.4, 0.5) is 5.95 Å². The summed E-state index contributed by atoms with van der Waals surface area (Å²) in [7, 11) is 0. The molecule has 0 aromatic carbocycles. The third-order valence-electron chi connectivity index (χ3n) is 3.80. The number of anilines is 1. The molecule has 0 fully saturated rings. The first-order valence-corrected chi connectivity index (χ1v) is 7.94. The van der Waals surface area contributed by atoms with Gasteiger partial charge >= 0.3 is 0 Å². The highest BCUT2D eigenvalue weighted by Crippen LogP contribution is 2.23. The number of aromatic nitrogens is 3. The van der Waals surface area contributed by atoms with Gasteiger partial charge in [-0.3, -0.25) is 0 Å². The van der Waals surface area contributed by atoms with Gasteiger partial charge in [0.05, 0.1) is 6.54 Å². The molecule has 1 aliphatic rings. The zero-order valence-corrected chi connectivity index (χ0v) is 12.9. The van der Waals surface area contributed by atoms with E-state index >= 15 is 0 Å². The fourth-order valence-electron chi connectivity index (χ4n) is 2.63. The number of hydroxylamine groups is 2. The summed E-state index contributed by atoms with van der Waals surface area (Å²) in [5, 5.41) is 15.4. The minimum Gasteiger partial charge on any atom is -0.634 e. The molecule has 0 radical (unpaired) electrons. The molecule has 0 saturated heterocycles. The molecular weight excluding hydrogens is 294 g/mol. The lowest BCUT2D eigenvalue weighted by Gasteiger charge is -2.30. The molecule has 3 heterocycles. The van der Waals surface area contributed by atoms with Gasteiger partial charge in [0.15, 0.2) is 0 Å². The maximum atomic E-state index is 12.1. The summed E-state index contributed by atoms with van der Waals surface area (Å²) in [4.78, 5) is 12.4. The molecule has 0 aliphatic carbocycles. The van der Waals surface area contributed by atoms with Crippen LogP contribution < -0.4 is 15.1 Å². The Morgan fingerprint density at radius 2 is 2.04 bits per heavy atom. The van der Waals surface area contributed by atoms with Crippen LogP contribution in [0.3, 0.4) is 0 Å². The monoisotopic (exact) mass is 315 g/mol. The first-order valence-electron chi connectivity index (χ1n) is 7.94. The maximum absolute atomic E-state index is 12.1. The lowest BCUT2D eigenvalue weighted by atomic mass is 10.0. The molecule has 3 rings (SSSR count). The molecule has 2 aromatic rings. The Hall–Kier alpha value is -2.25. The maximum Gasteiger partial charge on any atom is 0.222 e. The van der Waals surface area contributed by atoms with Gasteiger partial charge in [-0.15, -0.1) is 0 Å². The van der Waals surface area contributed by atoms with E-state index in [1.807, 2.05) is 12.1 Å². The van der Waals surface area contributed by atoms with Crippen molar-refractivity contribution in [1.82, 2.24) is 15.0 Å². The molecule has 2 N–H and O–H groups in total. The predicted molar refractivity (Wildman–Crippen MR) is 86.2 cm³/mol. The summed E-state index contributed by atoms with van der Waals surface area (Å²) in [6, 6.07) is 5.71. The van der Waals surface area contributed by atoms with Gasteiger partial charge in [-0.25, -0.2) is 15.0 Å². The number of aryl methyl sites for hydroxylation is 1. The molecular formula is C16H21N5O2. The first-order chi connectivity index (χ1) is 11.3. The van der Waals surface area contributed by atoms with E-state index in [9.17, 15) is 5.21 Å². The second kappa shape index (κ2) is 7.85. The van der Waals surface area contributed by atoms with Crippen LogP contribution >= 0.6 is 0 Å². The molecule has 0 bridgehead atoms. The van der Waals surface area contributed by atoms with E-state index in [-0.39, 0.29) is 11.2 Å². The number of nitrogens with one attached hydrogen (secondary N) is 2. The summed E-state index contributed by atoms with van der Waals surface area (Å²) < 4.78 is 5.81. The highest BCUT2D eigenvalue weighted by molar-refractivity contribution is 5.27. The van der Waals surface area contributed by atoms with Crippen molar-refractivity contribution in [2.24, 2.45) is 0 Å². The topological polar surface area (TPSA) is 87.4 Å². The van der Waals surface area contributed by atoms with E-state index in [2.05, 4.69) is 20.3 Å². The molecule has 122 valence electrons. The molecule has 0 saturated carbocycles. The van der Waals surface area contributed by atoms with Gasteiger partial charge in [-0.2, -0.15) is 0 Å². The molecule has 0 spiro atoms. The fraction of sp³-hybridized carbons (Fsp3) is 0.438. The number of nitrogens with zero attached hydrogens (tertiary/aromatic N) is 3. The van der Waals surface area contributed by atoms with Crippen LogP contribution in [-0.2, 0) is 6.42 Å². The Balaban J connectivity index is 1.36. The number of pyridine rings is 1. The Morgan fingerprint density at radius 1 is 1.22 bits per heavy atom. The van der Waals surface area contributed by atoms with Gasteiger partial charge in [0.2, 0.25) is 11.8 Å². The standard InChI is InChI=1S/C16H21N5O2/c22-21(11-3-10-20-16-18-8-2-9-19-16)12-14-6-5-13-4-1-7-17-15(13)23-14/h1-2,4,7-9,14,21H,3,5-6,10-12H2,(H,18,19,20). The van der Waals surface area contributed by atoms with Crippen LogP contribution in [0.25, 0.3) is 0 Å². The summed E-state index contributed by atoms with van der Waals surface area (Å²) in [5.41, 5.74) is 1.13.